The first kappa shape index (κ1) is 7.06. The Morgan fingerprint density at radius 1 is 1.80 bits per heavy atom. The van der Waals surface area contributed by atoms with E-state index >= 15 is 0 Å². The van der Waals surface area contributed by atoms with Gasteiger partial charge in [0.2, 0.25) is 0 Å². The van der Waals surface area contributed by atoms with Crippen molar-refractivity contribution in [3.63, 3.8) is 0 Å². The van der Waals surface area contributed by atoms with E-state index in [9.17, 15) is 0 Å². The van der Waals surface area contributed by atoms with Crippen LogP contribution in [0.15, 0.2) is 18.9 Å². The monoisotopic (exact) mass is 137 g/mol. The third-order valence-corrected chi connectivity index (χ3v) is 1.74. The molecule has 1 heterocycles. The molecular weight excluding hydrogens is 124 g/mol. The highest BCUT2D eigenvalue weighted by Gasteiger charge is 2.06. The van der Waals surface area contributed by atoms with Crippen LogP contribution in [0.3, 0.4) is 0 Å². The second-order valence-electron chi connectivity index (χ2n) is 2.42. The molecule has 1 rings (SSSR count). The van der Waals surface area contributed by atoms with Crippen molar-refractivity contribution in [3.8, 4) is 0 Å². The molecule has 0 saturated heterocycles. The number of nitrogens with one attached hydrogen (secondary N) is 1. The minimum absolute atomic E-state index is 0.931. The molecule has 0 amide bonds. The van der Waals surface area contributed by atoms with Gasteiger partial charge >= 0.3 is 0 Å². The molecule has 0 aliphatic carbocycles. The Kier molecular flexibility index (Phi) is 1.90. The fraction of sp³-hybridized carbons (Fsp3) is 0.375. The molecule has 0 saturated carbocycles. The highest BCUT2D eigenvalue weighted by atomic mass is 15.0. The van der Waals surface area contributed by atoms with Crippen LogP contribution >= 0.6 is 0 Å². The van der Waals surface area contributed by atoms with Crippen LogP contribution in [0.25, 0.3) is 0 Å². The first-order valence-electron chi connectivity index (χ1n) is 3.39. The van der Waals surface area contributed by atoms with Crippen molar-refractivity contribution in [2.75, 3.05) is 0 Å². The zero-order valence-electron chi connectivity index (χ0n) is 6.52. The number of aromatic amines is 1. The van der Waals surface area contributed by atoms with Crippen molar-refractivity contribution in [2.24, 2.45) is 7.05 Å². The topological polar surface area (TPSA) is 19.7 Å². The van der Waals surface area contributed by atoms with Gasteiger partial charge in [0.25, 0.3) is 5.82 Å². The molecule has 0 unspecified atom stereocenters. The second-order valence-corrected chi connectivity index (χ2v) is 2.42. The molecule has 2 heteroatoms. The molecule has 54 valence electrons. The quantitative estimate of drug-likeness (QED) is 0.461. The first-order chi connectivity index (χ1) is 4.75. The van der Waals surface area contributed by atoms with Crippen molar-refractivity contribution in [3.05, 3.63) is 30.4 Å². The summed E-state index contributed by atoms with van der Waals surface area (Å²) in [6.07, 6.45) is 4.85. The van der Waals surface area contributed by atoms with E-state index in [0.717, 1.165) is 6.42 Å². The van der Waals surface area contributed by atoms with E-state index in [1.807, 2.05) is 26.2 Å². The fourth-order valence-corrected chi connectivity index (χ4v) is 0.941. The summed E-state index contributed by atoms with van der Waals surface area (Å²) in [4.78, 5) is 3.14. The maximum absolute atomic E-state index is 3.68. The zero-order chi connectivity index (χ0) is 7.56. The van der Waals surface area contributed by atoms with Crippen molar-refractivity contribution < 1.29 is 4.57 Å². The molecule has 0 spiro atoms. The van der Waals surface area contributed by atoms with Gasteiger partial charge in [-0.15, -0.1) is 6.58 Å². The van der Waals surface area contributed by atoms with Gasteiger partial charge in [0, 0.05) is 13.3 Å². The van der Waals surface area contributed by atoms with Crippen LogP contribution in [0.1, 0.15) is 11.5 Å². The summed E-state index contributed by atoms with van der Waals surface area (Å²) in [7, 11) is 2.05. The van der Waals surface area contributed by atoms with E-state index < -0.39 is 0 Å². The molecule has 1 aromatic heterocycles. The number of aryl methyl sites for hydroxylation is 1. The number of nitrogens with zero attached hydrogens (tertiary/aromatic N) is 1. The molecule has 2 nitrogen and oxygen atoms in total. The molecule has 0 aliphatic rings. The molecule has 0 aromatic carbocycles. The van der Waals surface area contributed by atoms with Crippen LogP contribution in [0, 0.1) is 6.92 Å². The molecule has 10 heavy (non-hydrogen) atoms. The van der Waals surface area contributed by atoms with Crippen LogP contribution in [-0.4, -0.2) is 4.98 Å². The fourth-order valence-electron chi connectivity index (χ4n) is 0.941. The van der Waals surface area contributed by atoms with E-state index in [1.54, 1.807) is 0 Å². The Labute approximate surface area is 61.2 Å². The Hall–Kier alpha value is -1.05. The number of aromatic nitrogens is 2. The van der Waals surface area contributed by atoms with E-state index in [2.05, 4.69) is 16.1 Å². The summed E-state index contributed by atoms with van der Waals surface area (Å²) in [6.45, 7) is 5.73. The summed E-state index contributed by atoms with van der Waals surface area (Å²) in [5, 5.41) is 0. The van der Waals surface area contributed by atoms with Crippen molar-refractivity contribution in [1.82, 2.24) is 4.98 Å². The van der Waals surface area contributed by atoms with Gasteiger partial charge in [-0.1, -0.05) is 6.08 Å². The minimum atomic E-state index is 0.931. The number of rotatable bonds is 2. The second kappa shape index (κ2) is 2.69. The van der Waals surface area contributed by atoms with Crippen LogP contribution < -0.4 is 4.57 Å². The highest BCUT2D eigenvalue weighted by Crippen LogP contribution is 1.92. The van der Waals surface area contributed by atoms with E-state index in [4.69, 9.17) is 0 Å². The summed E-state index contributed by atoms with van der Waals surface area (Å²) >= 11 is 0. The maximum Gasteiger partial charge on any atom is 0.251 e. The molecule has 0 fully saturated rings. The van der Waals surface area contributed by atoms with Crippen LogP contribution in [0.5, 0.6) is 0 Å². The van der Waals surface area contributed by atoms with Crippen molar-refractivity contribution in [2.45, 2.75) is 13.3 Å². The third-order valence-electron chi connectivity index (χ3n) is 1.74. The Bertz CT molecular complexity index is 235. The van der Waals surface area contributed by atoms with Gasteiger partial charge in [0.15, 0.2) is 0 Å². The SMILES string of the molecule is C=CCc1c[nH]c(C)[n+]1C. The minimum Gasteiger partial charge on any atom is -0.248 e. The Morgan fingerprint density at radius 2 is 2.50 bits per heavy atom. The highest BCUT2D eigenvalue weighted by molar-refractivity contribution is 4.95. The Balaban J connectivity index is 2.93. The van der Waals surface area contributed by atoms with Crippen molar-refractivity contribution >= 4 is 0 Å². The lowest BCUT2D eigenvalue weighted by Crippen LogP contribution is -2.33. The zero-order valence-corrected chi connectivity index (χ0v) is 6.52. The van der Waals surface area contributed by atoms with Crippen LogP contribution in [-0.2, 0) is 13.5 Å². The predicted octanol–water partition coefficient (Wildman–Crippen LogP) is 0.876. The molecule has 0 aliphatic heterocycles. The number of allylic oxidation sites excluding steroid dienone is 1. The molecule has 1 N–H and O–H groups in total. The summed E-state index contributed by atoms with van der Waals surface area (Å²) in [5.74, 6) is 1.18. The maximum atomic E-state index is 3.68. The summed E-state index contributed by atoms with van der Waals surface area (Å²) < 4.78 is 2.13. The normalized spacial score (nSPS) is 9.80. The Morgan fingerprint density at radius 3 is 2.90 bits per heavy atom. The van der Waals surface area contributed by atoms with E-state index in [1.165, 1.54) is 11.5 Å². The predicted molar refractivity (Wildman–Crippen MR) is 40.6 cm³/mol. The molecule has 0 bridgehead atoms. The van der Waals surface area contributed by atoms with Gasteiger partial charge in [0.1, 0.15) is 11.9 Å². The standard InChI is InChI=1S/C8H12N2/c1-4-5-8-6-9-7(2)10(8)3/h4,6H,1,5H2,2-3H3/p+1. The van der Waals surface area contributed by atoms with Gasteiger partial charge in [-0.25, -0.2) is 9.55 Å². The number of hydrogen-bond acceptors (Lipinski definition) is 0. The molecule has 0 atom stereocenters. The van der Waals surface area contributed by atoms with Gasteiger partial charge in [-0.05, 0) is 0 Å². The lowest BCUT2D eigenvalue weighted by molar-refractivity contribution is -0.683. The summed E-state index contributed by atoms with van der Waals surface area (Å²) in [5.41, 5.74) is 1.27. The van der Waals surface area contributed by atoms with E-state index in [-0.39, 0.29) is 0 Å². The molecule has 0 radical (unpaired) electrons. The van der Waals surface area contributed by atoms with Gasteiger partial charge in [-0.3, -0.25) is 0 Å². The lowest BCUT2D eigenvalue weighted by Gasteiger charge is -1.89. The molecular formula is C8H13N2+. The number of imidazole rings is 1. The average molecular weight is 137 g/mol. The average Bonchev–Trinajstić information content (AvgIpc) is 2.20. The number of H-pyrrole nitrogens is 1. The van der Waals surface area contributed by atoms with E-state index in [0.29, 0.717) is 0 Å². The van der Waals surface area contributed by atoms with Crippen molar-refractivity contribution in [1.29, 1.82) is 0 Å². The largest absolute Gasteiger partial charge is 0.251 e. The third kappa shape index (κ3) is 1.10. The van der Waals surface area contributed by atoms with Gasteiger partial charge in [0.05, 0.1) is 7.05 Å². The number of hydrogen-bond donors (Lipinski definition) is 1. The smallest absolute Gasteiger partial charge is 0.248 e. The van der Waals surface area contributed by atoms with Crippen LogP contribution in [0.4, 0.5) is 0 Å². The van der Waals surface area contributed by atoms with Gasteiger partial charge in [-0.2, -0.15) is 0 Å². The molecule has 1 aromatic rings. The first-order valence-corrected chi connectivity index (χ1v) is 3.39. The van der Waals surface area contributed by atoms with Crippen LogP contribution in [0.2, 0.25) is 0 Å². The summed E-state index contributed by atoms with van der Waals surface area (Å²) in [6, 6.07) is 0. The van der Waals surface area contributed by atoms with Gasteiger partial charge < -0.3 is 0 Å². The lowest BCUT2D eigenvalue weighted by atomic mass is 10.3.